The molecule has 0 amide bonds. The Morgan fingerprint density at radius 2 is 2.06 bits per heavy atom. The van der Waals surface area contributed by atoms with E-state index >= 15 is 0 Å². The van der Waals surface area contributed by atoms with E-state index in [9.17, 15) is 0 Å². The van der Waals surface area contributed by atoms with Gasteiger partial charge in [0.05, 0.1) is 10.4 Å². The second kappa shape index (κ2) is 5.27. The van der Waals surface area contributed by atoms with E-state index < -0.39 is 0 Å². The van der Waals surface area contributed by atoms with Crippen LogP contribution in [0.3, 0.4) is 0 Å². The molecule has 2 heterocycles. The monoisotopic (exact) mass is 272 g/mol. The zero-order valence-corrected chi connectivity index (χ0v) is 12.2. The summed E-state index contributed by atoms with van der Waals surface area (Å²) >= 11 is 7.66. The highest BCUT2D eigenvalue weighted by molar-refractivity contribution is 7.16. The molecular formula is C13H21ClN2S. The lowest BCUT2D eigenvalue weighted by Gasteiger charge is -2.40. The zero-order valence-electron chi connectivity index (χ0n) is 10.6. The van der Waals surface area contributed by atoms with Gasteiger partial charge in [-0.25, -0.2) is 0 Å². The highest BCUT2D eigenvalue weighted by atomic mass is 35.5. The number of likely N-dealkylation sites (tertiary alicyclic amines) is 1. The van der Waals surface area contributed by atoms with Crippen molar-refractivity contribution in [3.8, 4) is 0 Å². The molecule has 1 saturated heterocycles. The Kier molecular flexibility index (Phi) is 4.14. The molecule has 0 aromatic carbocycles. The van der Waals surface area contributed by atoms with Gasteiger partial charge in [0.15, 0.2) is 0 Å². The Hall–Kier alpha value is -0.0900. The van der Waals surface area contributed by atoms with E-state index in [1.54, 1.807) is 11.3 Å². The summed E-state index contributed by atoms with van der Waals surface area (Å²) in [7, 11) is 0. The Bertz CT molecular complexity index is 365. The Morgan fingerprint density at radius 3 is 2.53 bits per heavy atom. The number of nitrogens with zero attached hydrogens (tertiary/aromatic N) is 1. The van der Waals surface area contributed by atoms with Gasteiger partial charge in [-0.1, -0.05) is 25.4 Å². The molecule has 1 aromatic heterocycles. The Balaban J connectivity index is 2.05. The van der Waals surface area contributed by atoms with Gasteiger partial charge in [0, 0.05) is 11.4 Å². The lowest BCUT2D eigenvalue weighted by Crippen LogP contribution is -2.41. The predicted molar refractivity (Wildman–Crippen MR) is 75.7 cm³/mol. The molecule has 1 aromatic rings. The SMILES string of the molecule is CC1(C)CCN(C(CN)c2ccc(Cl)s2)CC1. The molecule has 1 unspecified atom stereocenters. The van der Waals surface area contributed by atoms with Gasteiger partial charge in [-0.15, -0.1) is 11.3 Å². The van der Waals surface area contributed by atoms with Crippen LogP contribution < -0.4 is 5.73 Å². The fourth-order valence-electron chi connectivity index (χ4n) is 2.39. The smallest absolute Gasteiger partial charge is 0.0931 e. The third-order valence-electron chi connectivity index (χ3n) is 3.74. The first kappa shape index (κ1) is 13.3. The number of hydrogen-bond donors (Lipinski definition) is 1. The summed E-state index contributed by atoms with van der Waals surface area (Å²) in [6.45, 7) is 7.67. The first-order chi connectivity index (χ1) is 8.02. The Labute approximate surface area is 113 Å². The highest BCUT2D eigenvalue weighted by Crippen LogP contribution is 2.36. The third kappa shape index (κ3) is 3.22. The lowest BCUT2D eigenvalue weighted by atomic mass is 9.82. The minimum atomic E-state index is 0.351. The molecule has 2 N–H and O–H groups in total. The molecule has 0 spiro atoms. The number of halogens is 1. The fourth-order valence-corrected chi connectivity index (χ4v) is 3.60. The molecule has 0 saturated carbocycles. The first-order valence-electron chi connectivity index (χ1n) is 6.21. The molecule has 1 fully saturated rings. The van der Waals surface area contributed by atoms with Gasteiger partial charge in [-0.05, 0) is 43.5 Å². The van der Waals surface area contributed by atoms with Crippen LogP contribution in [0.25, 0.3) is 0 Å². The maximum Gasteiger partial charge on any atom is 0.0931 e. The summed E-state index contributed by atoms with van der Waals surface area (Å²) in [5, 5.41) is 0. The van der Waals surface area contributed by atoms with Crippen molar-refractivity contribution in [1.82, 2.24) is 4.90 Å². The van der Waals surface area contributed by atoms with E-state index in [-0.39, 0.29) is 0 Å². The molecule has 0 aliphatic carbocycles. The van der Waals surface area contributed by atoms with E-state index in [1.165, 1.54) is 17.7 Å². The minimum Gasteiger partial charge on any atom is -0.329 e. The molecule has 4 heteroatoms. The van der Waals surface area contributed by atoms with Crippen molar-refractivity contribution in [2.45, 2.75) is 32.7 Å². The van der Waals surface area contributed by atoms with Gasteiger partial charge >= 0.3 is 0 Å². The van der Waals surface area contributed by atoms with Crippen molar-refractivity contribution in [2.75, 3.05) is 19.6 Å². The largest absolute Gasteiger partial charge is 0.329 e. The van der Waals surface area contributed by atoms with Crippen molar-refractivity contribution >= 4 is 22.9 Å². The predicted octanol–water partition coefficient (Wildman–Crippen LogP) is 3.52. The van der Waals surface area contributed by atoms with Gasteiger partial charge < -0.3 is 5.73 Å². The van der Waals surface area contributed by atoms with Gasteiger partial charge in [0.1, 0.15) is 0 Å². The summed E-state index contributed by atoms with van der Waals surface area (Å²) in [4.78, 5) is 3.81. The molecule has 2 rings (SSSR count). The van der Waals surface area contributed by atoms with Crippen molar-refractivity contribution in [1.29, 1.82) is 0 Å². The van der Waals surface area contributed by atoms with Crippen LogP contribution in [-0.4, -0.2) is 24.5 Å². The molecule has 96 valence electrons. The van der Waals surface area contributed by atoms with Crippen LogP contribution in [-0.2, 0) is 0 Å². The molecule has 1 aliphatic heterocycles. The van der Waals surface area contributed by atoms with E-state index in [1.807, 2.05) is 6.07 Å². The van der Waals surface area contributed by atoms with Crippen LogP contribution in [0.4, 0.5) is 0 Å². The minimum absolute atomic E-state index is 0.351. The number of nitrogens with two attached hydrogens (primary N) is 1. The molecule has 0 bridgehead atoms. The van der Waals surface area contributed by atoms with Gasteiger partial charge in [0.25, 0.3) is 0 Å². The van der Waals surface area contributed by atoms with Crippen LogP contribution in [0.15, 0.2) is 12.1 Å². The van der Waals surface area contributed by atoms with Gasteiger partial charge in [0.2, 0.25) is 0 Å². The maximum atomic E-state index is 6.00. The second-order valence-electron chi connectivity index (χ2n) is 5.59. The van der Waals surface area contributed by atoms with E-state index in [0.29, 0.717) is 18.0 Å². The average Bonchev–Trinajstić information content (AvgIpc) is 2.68. The third-order valence-corrected chi connectivity index (χ3v) is 5.07. The number of rotatable bonds is 3. The lowest BCUT2D eigenvalue weighted by molar-refractivity contribution is 0.0977. The van der Waals surface area contributed by atoms with Crippen LogP contribution in [0, 0.1) is 5.41 Å². The molecule has 1 aliphatic rings. The van der Waals surface area contributed by atoms with Crippen LogP contribution >= 0.6 is 22.9 Å². The van der Waals surface area contributed by atoms with Crippen molar-refractivity contribution in [3.63, 3.8) is 0 Å². The summed E-state index contributed by atoms with van der Waals surface area (Å²) in [5.74, 6) is 0. The van der Waals surface area contributed by atoms with Crippen LogP contribution in [0.5, 0.6) is 0 Å². The topological polar surface area (TPSA) is 29.3 Å². The van der Waals surface area contributed by atoms with Crippen LogP contribution in [0.1, 0.15) is 37.6 Å². The normalized spacial score (nSPS) is 22.6. The molecular weight excluding hydrogens is 252 g/mol. The van der Waals surface area contributed by atoms with Crippen molar-refractivity contribution < 1.29 is 0 Å². The molecule has 2 nitrogen and oxygen atoms in total. The fraction of sp³-hybridized carbons (Fsp3) is 0.692. The van der Waals surface area contributed by atoms with E-state index in [2.05, 4.69) is 24.8 Å². The highest BCUT2D eigenvalue weighted by Gasteiger charge is 2.29. The van der Waals surface area contributed by atoms with E-state index in [0.717, 1.165) is 17.4 Å². The molecule has 0 radical (unpaired) electrons. The second-order valence-corrected chi connectivity index (χ2v) is 7.34. The van der Waals surface area contributed by atoms with Crippen molar-refractivity contribution in [3.05, 3.63) is 21.3 Å². The Morgan fingerprint density at radius 1 is 1.41 bits per heavy atom. The average molecular weight is 273 g/mol. The standard InChI is InChI=1S/C13H21ClN2S/c1-13(2)5-7-16(8-6-13)10(9-15)11-3-4-12(14)17-11/h3-4,10H,5-9,15H2,1-2H3. The van der Waals surface area contributed by atoms with Crippen molar-refractivity contribution in [2.24, 2.45) is 11.1 Å². The summed E-state index contributed by atoms with van der Waals surface area (Å²) in [5.41, 5.74) is 6.42. The summed E-state index contributed by atoms with van der Waals surface area (Å²) in [6.07, 6.45) is 2.51. The van der Waals surface area contributed by atoms with Gasteiger partial charge in [-0.2, -0.15) is 0 Å². The van der Waals surface area contributed by atoms with E-state index in [4.69, 9.17) is 17.3 Å². The zero-order chi connectivity index (χ0) is 12.5. The number of piperidine rings is 1. The maximum absolute atomic E-state index is 6.00. The summed E-state index contributed by atoms with van der Waals surface area (Å²) < 4.78 is 0.857. The first-order valence-corrected chi connectivity index (χ1v) is 7.41. The number of hydrogen-bond acceptors (Lipinski definition) is 3. The quantitative estimate of drug-likeness (QED) is 0.912. The molecule has 17 heavy (non-hydrogen) atoms. The van der Waals surface area contributed by atoms with Gasteiger partial charge in [-0.3, -0.25) is 4.90 Å². The van der Waals surface area contributed by atoms with Crippen LogP contribution in [0.2, 0.25) is 4.34 Å². The molecule has 1 atom stereocenters. The number of thiophene rings is 1. The summed E-state index contributed by atoms with van der Waals surface area (Å²) in [6, 6.07) is 4.44.